The minimum absolute atomic E-state index is 0.0918. The summed E-state index contributed by atoms with van der Waals surface area (Å²) < 4.78 is 0. The summed E-state index contributed by atoms with van der Waals surface area (Å²) in [7, 11) is 1.93. The zero-order valence-corrected chi connectivity index (χ0v) is 14.3. The van der Waals surface area contributed by atoms with Gasteiger partial charge in [-0.25, -0.2) is 0 Å². The normalized spacial score (nSPS) is 10.6. The van der Waals surface area contributed by atoms with Gasteiger partial charge in [0.1, 0.15) is 0 Å². The molecule has 0 aliphatic heterocycles. The van der Waals surface area contributed by atoms with Crippen LogP contribution in [-0.2, 0) is 4.79 Å². The highest BCUT2D eigenvalue weighted by atomic mass is 16.2. The first kappa shape index (κ1) is 17.9. The molecule has 0 saturated carbocycles. The molecule has 2 aromatic rings. The van der Waals surface area contributed by atoms with Crippen molar-refractivity contribution in [2.24, 2.45) is 0 Å². The first-order valence-corrected chi connectivity index (χ1v) is 8.29. The number of para-hydroxylation sites is 1. The first-order valence-electron chi connectivity index (χ1n) is 8.29. The summed E-state index contributed by atoms with van der Waals surface area (Å²) in [6.07, 6.45) is 2.16. The van der Waals surface area contributed by atoms with Crippen molar-refractivity contribution in [3.8, 4) is 0 Å². The summed E-state index contributed by atoms with van der Waals surface area (Å²) in [5.74, 6) is -0.201. The molecular formula is C20H24N2O2. The van der Waals surface area contributed by atoms with Gasteiger partial charge in [0.05, 0.1) is 12.2 Å². The maximum Gasteiger partial charge on any atom is 0.238 e. The fraction of sp³-hybridized carbons (Fsp3) is 0.300. The van der Waals surface area contributed by atoms with Gasteiger partial charge in [0.15, 0.2) is 5.78 Å². The molecule has 4 heteroatoms. The Kier molecular flexibility index (Phi) is 6.70. The number of carbonyl (C=O) groups is 2. The molecule has 1 amide bonds. The monoisotopic (exact) mass is 324 g/mol. The predicted molar refractivity (Wildman–Crippen MR) is 97.4 cm³/mol. The van der Waals surface area contributed by atoms with Crippen LogP contribution < -0.4 is 5.32 Å². The van der Waals surface area contributed by atoms with Crippen LogP contribution in [0.2, 0.25) is 0 Å². The Labute approximate surface area is 143 Å². The Morgan fingerprint density at radius 2 is 1.67 bits per heavy atom. The molecule has 0 bridgehead atoms. The summed E-state index contributed by atoms with van der Waals surface area (Å²) in [5.41, 5.74) is 1.67. The highest BCUT2D eigenvalue weighted by Crippen LogP contribution is 2.19. The van der Waals surface area contributed by atoms with E-state index in [0.717, 1.165) is 19.4 Å². The maximum absolute atomic E-state index is 12.7. The van der Waals surface area contributed by atoms with Crippen LogP contribution in [0.1, 0.15) is 35.7 Å². The molecule has 0 atom stereocenters. The number of amides is 1. The van der Waals surface area contributed by atoms with E-state index >= 15 is 0 Å². The highest BCUT2D eigenvalue weighted by molar-refractivity contribution is 6.13. The zero-order chi connectivity index (χ0) is 17.4. The molecule has 2 rings (SSSR count). The van der Waals surface area contributed by atoms with Gasteiger partial charge in [-0.1, -0.05) is 55.8 Å². The van der Waals surface area contributed by atoms with E-state index in [1.54, 1.807) is 30.3 Å². The van der Waals surface area contributed by atoms with Gasteiger partial charge in [-0.3, -0.25) is 14.5 Å². The minimum Gasteiger partial charge on any atom is -0.324 e. The summed E-state index contributed by atoms with van der Waals surface area (Å²) in [6.45, 7) is 3.32. The molecule has 126 valence electrons. The van der Waals surface area contributed by atoms with Gasteiger partial charge in [-0.2, -0.15) is 0 Å². The van der Waals surface area contributed by atoms with Crippen LogP contribution in [0.25, 0.3) is 0 Å². The topological polar surface area (TPSA) is 49.4 Å². The number of hydrogen-bond donors (Lipinski definition) is 1. The number of unbranched alkanes of at least 4 members (excludes halogenated alkanes) is 1. The van der Waals surface area contributed by atoms with Crippen LogP contribution in [0.15, 0.2) is 54.6 Å². The third-order valence-corrected chi connectivity index (χ3v) is 3.79. The van der Waals surface area contributed by atoms with Crippen molar-refractivity contribution in [2.75, 3.05) is 25.5 Å². The standard InChI is InChI=1S/C20H24N2O2/c1-3-4-14-22(2)15-19(23)21-18-13-9-8-12-17(18)20(24)16-10-6-5-7-11-16/h5-13H,3-4,14-15H2,1-2H3,(H,21,23). The number of likely N-dealkylation sites (N-methyl/N-ethyl adjacent to an activating group) is 1. The molecule has 0 aliphatic carbocycles. The molecular weight excluding hydrogens is 300 g/mol. The van der Waals surface area contributed by atoms with Crippen molar-refractivity contribution in [2.45, 2.75) is 19.8 Å². The molecule has 2 aromatic carbocycles. The molecule has 4 nitrogen and oxygen atoms in total. The van der Waals surface area contributed by atoms with Crippen molar-refractivity contribution >= 4 is 17.4 Å². The van der Waals surface area contributed by atoms with Crippen LogP contribution >= 0.6 is 0 Å². The second-order valence-corrected chi connectivity index (χ2v) is 5.88. The number of ketones is 1. The molecule has 24 heavy (non-hydrogen) atoms. The molecule has 0 saturated heterocycles. The molecule has 0 fully saturated rings. The van der Waals surface area contributed by atoms with Crippen molar-refractivity contribution in [3.63, 3.8) is 0 Å². The molecule has 1 N–H and O–H groups in total. The lowest BCUT2D eigenvalue weighted by Gasteiger charge is -2.16. The van der Waals surface area contributed by atoms with Crippen molar-refractivity contribution < 1.29 is 9.59 Å². The van der Waals surface area contributed by atoms with Gasteiger partial charge in [0.2, 0.25) is 5.91 Å². The third-order valence-electron chi connectivity index (χ3n) is 3.79. The minimum atomic E-state index is -0.109. The lowest BCUT2D eigenvalue weighted by atomic mass is 10.0. The summed E-state index contributed by atoms with van der Waals surface area (Å²) in [4.78, 5) is 26.9. The van der Waals surface area contributed by atoms with Crippen molar-refractivity contribution in [1.29, 1.82) is 0 Å². The summed E-state index contributed by atoms with van der Waals surface area (Å²) in [6, 6.07) is 16.2. The number of carbonyl (C=O) groups excluding carboxylic acids is 2. The van der Waals surface area contributed by atoms with E-state index < -0.39 is 0 Å². The van der Waals surface area contributed by atoms with Crippen LogP contribution in [0.3, 0.4) is 0 Å². The Balaban J connectivity index is 2.09. The zero-order valence-electron chi connectivity index (χ0n) is 14.3. The van der Waals surface area contributed by atoms with Gasteiger partial charge in [0.25, 0.3) is 0 Å². The Bertz CT molecular complexity index is 683. The van der Waals surface area contributed by atoms with E-state index in [-0.39, 0.29) is 11.7 Å². The molecule has 0 aliphatic rings. The molecule has 0 aromatic heterocycles. The van der Waals surface area contributed by atoms with Crippen molar-refractivity contribution in [1.82, 2.24) is 4.90 Å². The average Bonchev–Trinajstić information content (AvgIpc) is 2.60. The number of nitrogens with zero attached hydrogens (tertiary/aromatic N) is 1. The third kappa shape index (κ3) is 5.03. The second kappa shape index (κ2) is 8.99. The first-order chi connectivity index (χ1) is 11.6. The molecule has 0 spiro atoms. The SMILES string of the molecule is CCCCN(C)CC(=O)Nc1ccccc1C(=O)c1ccccc1. The van der Waals surface area contributed by atoms with Gasteiger partial charge in [-0.15, -0.1) is 0 Å². The van der Waals surface area contributed by atoms with E-state index in [2.05, 4.69) is 12.2 Å². The van der Waals surface area contributed by atoms with Crippen LogP contribution in [-0.4, -0.2) is 36.7 Å². The predicted octanol–water partition coefficient (Wildman–Crippen LogP) is 3.59. The molecule has 0 radical (unpaired) electrons. The van der Waals surface area contributed by atoms with E-state index in [9.17, 15) is 9.59 Å². The fourth-order valence-electron chi connectivity index (χ4n) is 2.48. The van der Waals surface area contributed by atoms with E-state index in [4.69, 9.17) is 0 Å². The van der Waals surface area contributed by atoms with E-state index in [1.807, 2.05) is 36.2 Å². The Hall–Kier alpha value is -2.46. The lowest BCUT2D eigenvalue weighted by molar-refractivity contribution is -0.117. The number of rotatable bonds is 8. The van der Waals surface area contributed by atoms with Crippen LogP contribution in [0, 0.1) is 0 Å². The molecule has 0 heterocycles. The van der Waals surface area contributed by atoms with E-state index in [0.29, 0.717) is 23.4 Å². The van der Waals surface area contributed by atoms with Crippen LogP contribution in [0.4, 0.5) is 5.69 Å². The Morgan fingerprint density at radius 1 is 1.00 bits per heavy atom. The number of anilines is 1. The Morgan fingerprint density at radius 3 is 2.38 bits per heavy atom. The highest BCUT2D eigenvalue weighted by Gasteiger charge is 2.15. The maximum atomic E-state index is 12.7. The largest absolute Gasteiger partial charge is 0.324 e. The number of nitrogens with one attached hydrogen (secondary N) is 1. The lowest BCUT2D eigenvalue weighted by Crippen LogP contribution is -2.31. The van der Waals surface area contributed by atoms with Gasteiger partial charge in [0, 0.05) is 11.1 Å². The van der Waals surface area contributed by atoms with Gasteiger partial charge < -0.3 is 5.32 Å². The van der Waals surface area contributed by atoms with Gasteiger partial charge >= 0.3 is 0 Å². The number of benzene rings is 2. The smallest absolute Gasteiger partial charge is 0.238 e. The van der Waals surface area contributed by atoms with Crippen LogP contribution in [0.5, 0.6) is 0 Å². The second-order valence-electron chi connectivity index (χ2n) is 5.88. The summed E-state index contributed by atoms with van der Waals surface area (Å²) in [5, 5.41) is 2.87. The quantitative estimate of drug-likeness (QED) is 0.755. The van der Waals surface area contributed by atoms with Crippen molar-refractivity contribution in [3.05, 3.63) is 65.7 Å². The molecule has 0 unspecified atom stereocenters. The van der Waals surface area contributed by atoms with E-state index in [1.165, 1.54) is 0 Å². The number of hydrogen-bond acceptors (Lipinski definition) is 3. The average molecular weight is 324 g/mol. The van der Waals surface area contributed by atoms with Gasteiger partial charge in [-0.05, 0) is 32.1 Å². The summed E-state index contributed by atoms with van der Waals surface area (Å²) >= 11 is 0. The fourth-order valence-corrected chi connectivity index (χ4v) is 2.48.